The highest BCUT2D eigenvalue weighted by Gasteiger charge is 2.24. The fraction of sp³-hybridized carbons (Fsp3) is 0.348. The number of aromatic nitrogens is 3. The number of pyridine rings is 1. The van der Waals surface area contributed by atoms with E-state index in [1.807, 2.05) is 24.3 Å². The van der Waals surface area contributed by atoms with Gasteiger partial charge < -0.3 is 9.84 Å². The first-order valence-corrected chi connectivity index (χ1v) is 10.1. The third-order valence-electron chi connectivity index (χ3n) is 5.65. The molecular formula is C23H25N3O3. The molecule has 2 N–H and O–H groups in total. The summed E-state index contributed by atoms with van der Waals surface area (Å²) < 4.78 is 5.70. The van der Waals surface area contributed by atoms with Gasteiger partial charge in [0.05, 0.1) is 11.4 Å². The van der Waals surface area contributed by atoms with Gasteiger partial charge in [0.15, 0.2) is 0 Å². The minimum Gasteiger partial charge on any atom is -0.481 e. The Bertz CT molecular complexity index is 930. The second-order valence-corrected chi connectivity index (χ2v) is 7.67. The topological polar surface area (TPSA) is 88.1 Å². The summed E-state index contributed by atoms with van der Waals surface area (Å²) >= 11 is 0. The highest BCUT2D eigenvalue weighted by molar-refractivity contribution is 5.67. The van der Waals surface area contributed by atoms with Gasteiger partial charge in [0, 0.05) is 18.7 Å². The molecule has 0 unspecified atom stereocenters. The fourth-order valence-electron chi connectivity index (χ4n) is 4.04. The maximum atomic E-state index is 10.9. The summed E-state index contributed by atoms with van der Waals surface area (Å²) in [5, 5.41) is 16.2. The number of aromatic amines is 1. The minimum atomic E-state index is -0.680. The number of carboxylic acid groups (broad SMARTS) is 1. The maximum absolute atomic E-state index is 10.9. The zero-order valence-electron chi connectivity index (χ0n) is 16.3. The molecule has 2 heterocycles. The standard InChI is InChI=1S/C23H25N3O3/c27-23(28)13-16-4-6-17(7-5-16)18-8-10-19(11-9-18)21-14-22(26-25-21)29-15-20-3-1-2-12-24-20/h1-3,8-12,14,16-17H,4-7,13,15H2,(H,25,26)(H,27,28). The Hall–Kier alpha value is -3.15. The van der Waals surface area contributed by atoms with Gasteiger partial charge in [0.25, 0.3) is 0 Å². The molecular weight excluding hydrogens is 366 g/mol. The Labute approximate surface area is 170 Å². The van der Waals surface area contributed by atoms with Gasteiger partial charge in [0.1, 0.15) is 6.61 Å². The molecule has 1 aliphatic carbocycles. The summed E-state index contributed by atoms with van der Waals surface area (Å²) in [6, 6.07) is 16.2. The summed E-state index contributed by atoms with van der Waals surface area (Å²) in [4.78, 5) is 15.1. The van der Waals surface area contributed by atoms with E-state index in [1.165, 1.54) is 5.56 Å². The van der Waals surface area contributed by atoms with Gasteiger partial charge in [-0.3, -0.25) is 14.9 Å². The molecule has 150 valence electrons. The van der Waals surface area contributed by atoms with Crippen molar-refractivity contribution in [2.45, 2.75) is 44.6 Å². The van der Waals surface area contributed by atoms with Gasteiger partial charge in [0.2, 0.25) is 5.88 Å². The van der Waals surface area contributed by atoms with Crippen LogP contribution in [0.1, 0.15) is 49.3 Å². The average Bonchev–Trinajstić information content (AvgIpc) is 3.22. The van der Waals surface area contributed by atoms with E-state index in [0.29, 0.717) is 30.7 Å². The lowest BCUT2D eigenvalue weighted by molar-refractivity contribution is -0.138. The lowest BCUT2D eigenvalue weighted by Gasteiger charge is -2.28. The molecule has 0 atom stereocenters. The van der Waals surface area contributed by atoms with Crippen molar-refractivity contribution in [1.82, 2.24) is 15.2 Å². The zero-order chi connectivity index (χ0) is 20.1. The van der Waals surface area contributed by atoms with Crippen LogP contribution in [-0.4, -0.2) is 26.3 Å². The molecule has 0 spiro atoms. The van der Waals surface area contributed by atoms with Gasteiger partial charge in [-0.05, 0) is 60.8 Å². The third kappa shape index (κ3) is 5.02. The number of carboxylic acids is 1. The van der Waals surface area contributed by atoms with Crippen molar-refractivity contribution in [2.24, 2.45) is 5.92 Å². The van der Waals surface area contributed by atoms with Crippen LogP contribution in [-0.2, 0) is 11.4 Å². The average molecular weight is 391 g/mol. The number of nitrogens with one attached hydrogen (secondary N) is 1. The van der Waals surface area contributed by atoms with Crippen molar-refractivity contribution >= 4 is 5.97 Å². The Morgan fingerprint density at radius 1 is 1.10 bits per heavy atom. The number of H-pyrrole nitrogens is 1. The Morgan fingerprint density at radius 3 is 2.59 bits per heavy atom. The molecule has 0 radical (unpaired) electrons. The van der Waals surface area contributed by atoms with Crippen molar-refractivity contribution in [3.8, 4) is 17.1 Å². The number of benzene rings is 1. The summed E-state index contributed by atoms with van der Waals surface area (Å²) in [6.07, 6.45) is 6.16. The third-order valence-corrected chi connectivity index (χ3v) is 5.65. The van der Waals surface area contributed by atoms with Crippen LogP contribution in [0.2, 0.25) is 0 Å². The van der Waals surface area contributed by atoms with Gasteiger partial charge >= 0.3 is 5.97 Å². The van der Waals surface area contributed by atoms with E-state index in [0.717, 1.165) is 42.6 Å². The van der Waals surface area contributed by atoms with E-state index in [1.54, 1.807) is 6.20 Å². The van der Waals surface area contributed by atoms with E-state index in [-0.39, 0.29) is 0 Å². The van der Waals surface area contributed by atoms with Gasteiger partial charge in [-0.15, -0.1) is 5.10 Å². The second-order valence-electron chi connectivity index (χ2n) is 7.67. The van der Waals surface area contributed by atoms with Crippen molar-refractivity contribution in [1.29, 1.82) is 0 Å². The van der Waals surface area contributed by atoms with Crippen LogP contribution in [0.15, 0.2) is 54.7 Å². The highest BCUT2D eigenvalue weighted by Crippen LogP contribution is 2.37. The normalized spacial score (nSPS) is 19.0. The maximum Gasteiger partial charge on any atom is 0.303 e. The molecule has 6 nitrogen and oxygen atoms in total. The number of hydrogen-bond donors (Lipinski definition) is 2. The smallest absolute Gasteiger partial charge is 0.303 e. The molecule has 29 heavy (non-hydrogen) atoms. The van der Waals surface area contributed by atoms with Crippen LogP contribution in [0.25, 0.3) is 11.3 Å². The molecule has 1 saturated carbocycles. The van der Waals surface area contributed by atoms with E-state index < -0.39 is 5.97 Å². The number of nitrogens with zero attached hydrogens (tertiary/aromatic N) is 2. The quantitative estimate of drug-likeness (QED) is 0.604. The lowest BCUT2D eigenvalue weighted by atomic mass is 9.77. The Morgan fingerprint density at radius 2 is 1.90 bits per heavy atom. The molecule has 0 aliphatic heterocycles. The number of aliphatic carboxylic acids is 1. The summed E-state index contributed by atoms with van der Waals surface area (Å²) in [5.74, 6) is 0.720. The van der Waals surface area contributed by atoms with E-state index in [9.17, 15) is 4.79 Å². The predicted molar refractivity (Wildman–Crippen MR) is 110 cm³/mol. The summed E-state index contributed by atoms with van der Waals surface area (Å²) in [6.45, 7) is 0.384. The van der Waals surface area contributed by atoms with Gasteiger partial charge in [-0.2, -0.15) is 0 Å². The first kappa shape index (κ1) is 19.2. The van der Waals surface area contributed by atoms with Crippen molar-refractivity contribution in [2.75, 3.05) is 0 Å². The number of ether oxygens (including phenoxy) is 1. The van der Waals surface area contributed by atoms with E-state index in [2.05, 4.69) is 39.4 Å². The van der Waals surface area contributed by atoms with Crippen LogP contribution in [0.3, 0.4) is 0 Å². The number of hydrogen-bond acceptors (Lipinski definition) is 4. The van der Waals surface area contributed by atoms with Crippen molar-refractivity contribution in [3.63, 3.8) is 0 Å². The van der Waals surface area contributed by atoms with Crippen LogP contribution < -0.4 is 4.74 Å². The van der Waals surface area contributed by atoms with E-state index >= 15 is 0 Å². The largest absolute Gasteiger partial charge is 0.481 e. The van der Waals surface area contributed by atoms with Gasteiger partial charge in [-0.25, -0.2) is 0 Å². The molecule has 6 heteroatoms. The SMILES string of the molecule is O=C(O)CC1CCC(c2ccc(-c3cc(OCc4ccccn4)n[nH]3)cc2)CC1. The predicted octanol–water partition coefficient (Wildman–Crippen LogP) is 4.80. The molecule has 0 saturated heterocycles. The Balaban J connectivity index is 1.34. The van der Waals surface area contributed by atoms with Crippen LogP contribution in [0.5, 0.6) is 5.88 Å². The van der Waals surface area contributed by atoms with E-state index in [4.69, 9.17) is 9.84 Å². The molecule has 0 bridgehead atoms. The first-order chi connectivity index (χ1) is 14.2. The highest BCUT2D eigenvalue weighted by atomic mass is 16.5. The molecule has 1 fully saturated rings. The second kappa shape index (κ2) is 8.90. The van der Waals surface area contributed by atoms with Crippen molar-refractivity contribution in [3.05, 3.63) is 66.0 Å². The van der Waals surface area contributed by atoms with Crippen LogP contribution >= 0.6 is 0 Å². The molecule has 1 aliphatic rings. The summed E-state index contributed by atoms with van der Waals surface area (Å²) in [7, 11) is 0. The van der Waals surface area contributed by atoms with Crippen molar-refractivity contribution < 1.29 is 14.6 Å². The molecule has 3 aromatic rings. The molecule has 1 aromatic carbocycles. The van der Waals surface area contributed by atoms with Crippen LogP contribution in [0, 0.1) is 5.92 Å². The molecule has 0 amide bonds. The Kier molecular flexibility index (Phi) is 5.89. The summed E-state index contributed by atoms with van der Waals surface area (Å²) in [5.41, 5.74) is 4.17. The van der Waals surface area contributed by atoms with Crippen LogP contribution in [0.4, 0.5) is 0 Å². The lowest BCUT2D eigenvalue weighted by Crippen LogP contribution is -2.16. The molecule has 4 rings (SSSR count). The van der Waals surface area contributed by atoms with Gasteiger partial charge in [-0.1, -0.05) is 30.3 Å². The number of rotatable bonds is 7. The minimum absolute atomic E-state index is 0.302. The first-order valence-electron chi connectivity index (χ1n) is 10.1. The number of carbonyl (C=O) groups is 1. The monoisotopic (exact) mass is 391 g/mol. The fourth-order valence-corrected chi connectivity index (χ4v) is 4.04. The zero-order valence-corrected chi connectivity index (χ0v) is 16.3. The molecule has 2 aromatic heterocycles.